The largest absolute Gasteiger partial charge is 0.379 e. The van der Waals surface area contributed by atoms with E-state index in [9.17, 15) is 5.11 Å². The molecule has 3 nitrogen and oxygen atoms in total. The molecule has 0 spiro atoms. The highest BCUT2D eigenvalue weighted by atomic mass is 16.3. The Bertz CT molecular complexity index is 516. The quantitative estimate of drug-likeness (QED) is 0.751. The van der Waals surface area contributed by atoms with Crippen LogP contribution in [0.1, 0.15) is 11.8 Å². The summed E-state index contributed by atoms with van der Waals surface area (Å²) in [6, 6.07) is 11.4. The van der Waals surface area contributed by atoms with Gasteiger partial charge in [-0.1, -0.05) is 24.3 Å². The molecule has 1 heterocycles. The van der Waals surface area contributed by atoms with Gasteiger partial charge in [0.1, 0.15) is 0 Å². The van der Waals surface area contributed by atoms with Gasteiger partial charge >= 0.3 is 0 Å². The van der Waals surface area contributed by atoms with E-state index in [0.29, 0.717) is 5.69 Å². The first kappa shape index (κ1) is 9.63. The maximum Gasteiger partial charge on any atom is 0.245 e. The van der Waals surface area contributed by atoms with Crippen LogP contribution in [0.25, 0.3) is 15.7 Å². The summed E-state index contributed by atoms with van der Waals surface area (Å²) in [7, 11) is 0. The van der Waals surface area contributed by atoms with Crippen LogP contribution in [0.3, 0.4) is 0 Å². The second-order valence-electron chi connectivity index (χ2n) is 3.29. The Balaban J connectivity index is 2.43. The predicted octanol–water partition coefficient (Wildman–Crippen LogP) is 2.19. The summed E-state index contributed by atoms with van der Waals surface area (Å²) in [5.74, 6) is 0. The zero-order valence-corrected chi connectivity index (χ0v) is 8.09. The molecule has 0 aliphatic rings. The second-order valence-corrected chi connectivity index (χ2v) is 3.29. The predicted molar refractivity (Wildman–Crippen MR) is 58.2 cm³/mol. The number of aromatic nitrogens is 1. The third kappa shape index (κ3) is 1.95. The lowest BCUT2D eigenvalue weighted by Crippen LogP contribution is -2.02. The van der Waals surface area contributed by atoms with Gasteiger partial charge < -0.3 is 9.95 Å². The molecule has 0 fully saturated rings. The molecule has 0 amide bonds. The van der Waals surface area contributed by atoms with Gasteiger partial charge in [0.05, 0.1) is 11.2 Å². The van der Waals surface area contributed by atoms with E-state index < -0.39 is 6.10 Å². The Kier molecular flexibility index (Phi) is 2.61. The van der Waals surface area contributed by atoms with Crippen molar-refractivity contribution in [1.82, 2.24) is 4.98 Å². The first-order valence-electron chi connectivity index (χ1n) is 4.68. The lowest BCUT2D eigenvalue weighted by Gasteiger charge is -2.04. The van der Waals surface area contributed by atoms with Crippen LogP contribution in [-0.2, 0) is 0 Å². The summed E-state index contributed by atoms with van der Waals surface area (Å²) in [4.78, 5) is 7.45. The van der Waals surface area contributed by atoms with Crippen molar-refractivity contribution in [1.29, 1.82) is 0 Å². The minimum Gasteiger partial charge on any atom is -0.379 e. The number of hydrogen-bond acceptors (Lipinski definition) is 2. The number of benzene rings is 1. The van der Waals surface area contributed by atoms with Crippen LogP contribution in [0.15, 0.2) is 36.4 Å². The second kappa shape index (κ2) is 4.07. The average Bonchev–Trinajstić information content (AvgIpc) is 2.29. The third-order valence-corrected chi connectivity index (χ3v) is 2.23. The van der Waals surface area contributed by atoms with Crippen LogP contribution in [0.2, 0.25) is 0 Å². The molecule has 0 aliphatic carbocycles. The molecule has 2 aromatic rings. The van der Waals surface area contributed by atoms with Crippen LogP contribution in [0.4, 0.5) is 0 Å². The third-order valence-electron chi connectivity index (χ3n) is 2.23. The van der Waals surface area contributed by atoms with Gasteiger partial charge in [0.15, 0.2) is 6.10 Å². The number of rotatable bonds is 2. The average molecular weight is 198 g/mol. The molecule has 15 heavy (non-hydrogen) atoms. The molecule has 1 aromatic carbocycles. The molecule has 2 rings (SSSR count). The zero-order valence-electron chi connectivity index (χ0n) is 8.09. The number of aliphatic hydroxyl groups is 1. The van der Waals surface area contributed by atoms with Gasteiger partial charge in [-0.15, -0.1) is 0 Å². The Labute approximate surface area is 87.8 Å². The number of pyridine rings is 1. The Morgan fingerprint density at radius 3 is 2.87 bits per heavy atom. The molecule has 1 aromatic heterocycles. The van der Waals surface area contributed by atoms with Crippen LogP contribution < -0.4 is 0 Å². The molecular formula is C12H10N2O. The molecule has 0 saturated carbocycles. The highest BCUT2D eigenvalue weighted by Crippen LogP contribution is 2.16. The van der Waals surface area contributed by atoms with Crippen molar-refractivity contribution in [3.8, 4) is 0 Å². The van der Waals surface area contributed by atoms with E-state index in [1.54, 1.807) is 6.07 Å². The van der Waals surface area contributed by atoms with Gasteiger partial charge in [-0.3, -0.25) is 0 Å². The molecule has 0 bridgehead atoms. The Morgan fingerprint density at radius 1 is 1.27 bits per heavy atom. The van der Waals surface area contributed by atoms with Crippen LogP contribution >= 0.6 is 0 Å². The number of aliphatic hydroxyl groups excluding tert-OH is 1. The fourth-order valence-corrected chi connectivity index (χ4v) is 1.45. The van der Waals surface area contributed by atoms with Crippen LogP contribution in [0.5, 0.6) is 0 Å². The fraction of sp³-hybridized carbons (Fsp3) is 0.167. The maximum absolute atomic E-state index is 9.60. The topological polar surface area (TPSA) is 37.5 Å². The summed E-state index contributed by atoms with van der Waals surface area (Å²) >= 11 is 0. The summed E-state index contributed by atoms with van der Waals surface area (Å²) in [5.41, 5.74) is 1.41. The van der Waals surface area contributed by atoms with E-state index in [2.05, 4.69) is 9.83 Å². The van der Waals surface area contributed by atoms with Crippen molar-refractivity contribution < 1.29 is 5.11 Å². The van der Waals surface area contributed by atoms with Crippen molar-refractivity contribution in [2.45, 2.75) is 6.10 Å². The first-order valence-corrected chi connectivity index (χ1v) is 4.68. The Morgan fingerprint density at radius 2 is 2.07 bits per heavy atom. The van der Waals surface area contributed by atoms with E-state index >= 15 is 0 Å². The van der Waals surface area contributed by atoms with E-state index in [1.165, 1.54) is 0 Å². The number of para-hydroxylation sites is 1. The smallest absolute Gasteiger partial charge is 0.245 e. The van der Waals surface area contributed by atoms with Gasteiger partial charge in [-0.2, -0.15) is 0 Å². The first-order chi connectivity index (χ1) is 7.31. The molecule has 74 valence electrons. The number of nitrogens with zero attached hydrogens (tertiary/aromatic N) is 2. The summed E-state index contributed by atoms with van der Waals surface area (Å²) < 4.78 is 0. The standard InChI is InChI=1S/C12H10N2O/c1-13-8-12(15)11-7-6-9-4-2-3-5-10(9)14-11/h2-7,12,15H,8H2. The normalized spacial score (nSPS) is 12.3. The van der Waals surface area contributed by atoms with Gasteiger partial charge in [-0.25, -0.2) is 11.6 Å². The fourth-order valence-electron chi connectivity index (χ4n) is 1.45. The SMILES string of the molecule is [C-]#[N+]CC(O)c1ccc2ccccc2n1. The zero-order chi connectivity index (χ0) is 10.7. The van der Waals surface area contributed by atoms with Crippen molar-refractivity contribution in [2.24, 2.45) is 0 Å². The monoisotopic (exact) mass is 198 g/mol. The highest BCUT2D eigenvalue weighted by molar-refractivity contribution is 5.78. The van der Waals surface area contributed by atoms with Gasteiger partial charge in [0.2, 0.25) is 6.54 Å². The summed E-state index contributed by atoms with van der Waals surface area (Å²) in [5, 5.41) is 10.6. The van der Waals surface area contributed by atoms with Gasteiger partial charge in [0.25, 0.3) is 0 Å². The lowest BCUT2D eigenvalue weighted by atomic mass is 10.1. The maximum atomic E-state index is 9.60. The summed E-state index contributed by atoms with van der Waals surface area (Å²) in [6.07, 6.45) is -0.785. The van der Waals surface area contributed by atoms with E-state index in [1.807, 2.05) is 30.3 Å². The van der Waals surface area contributed by atoms with E-state index in [-0.39, 0.29) is 6.54 Å². The molecule has 1 atom stereocenters. The van der Waals surface area contributed by atoms with Gasteiger partial charge in [0, 0.05) is 5.39 Å². The number of fused-ring (bicyclic) bond motifs is 1. The Hall–Kier alpha value is -1.92. The van der Waals surface area contributed by atoms with Crippen molar-refractivity contribution >= 4 is 10.9 Å². The molecule has 1 unspecified atom stereocenters. The lowest BCUT2D eigenvalue weighted by molar-refractivity contribution is 0.191. The molecule has 1 N–H and O–H groups in total. The van der Waals surface area contributed by atoms with Crippen molar-refractivity contribution in [3.05, 3.63) is 53.5 Å². The molecule has 0 aliphatic heterocycles. The molecule has 0 saturated heterocycles. The number of hydrogen-bond donors (Lipinski definition) is 1. The highest BCUT2D eigenvalue weighted by Gasteiger charge is 2.11. The summed E-state index contributed by atoms with van der Waals surface area (Å²) in [6.45, 7) is 6.74. The van der Waals surface area contributed by atoms with Crippen LogP contribution in [0, 0.1) is 6.57 Å². The minimum atomic E-state index is -0.785. The van der Waals surface area contributed by atoms with E-state index in [4.69, 9.17) is 6.57 Å². The van der Waals surface area contributed by atoms with Crippen molar-refractivity contribution in [2.75, 3.05) is 6.54 Å². The van der Waals surface area contributed by atoms with Crippen molar-refractivity contribution in [3.63, 3.8) is 0 Å². The molecule has 3 heteroatoms. The van der Waals surface area contributed by atoms with Gasteiger partial charge in [-0.05, 0) is 12.1 Å². The molecule has 0 radical (unpaired) electrons. The van der Waals surface area contributed by atoms with E-state index in [0.717, 1.165) is 10.9 Å². The van der Waals surface area contributed by atoms with Crippen LogP contribution in [-0.4, -0.2) is 16.6 Å². The molecular weight excluding hydrogens is 188 g/mol. The minimum absolute atomic E-state index is 0.0609.